The summed E-state index contributed by atoms with van der Waals surface area (Å²) in [5, 5.41) is 2.02. The lowest BCUT2D eigenvalue weighted by molar-refractivity contribution is -0.121. The third-order valence-electron chi connectivity index (χ3n) is 4.89. The average molecular weight is 411 g/mol. The maximum atomic E-state index is 13.2. The van der Waals surface area contributed by atoms with Gasteiger partial charge in [-0.3, -0.25) is 15.0 Å². The Morgan fingerprint density at radius 3 is 2.00 bits per heavy atom. The third kappa shape index (κ3) is 5.09. The summed E-state index contributed by atoms with van der Waals surface area (Å²) in [7, 11) is -3.62. The summed E-state index contributed by atoms with van der Waals surface area (Å²) < 4.78 is 27.9. The average Bonchev–Trinajstić information content (AvgIpc) is 2.52. The van der Waals surface area contributed by atoms with Gasteiger partial charge in [-0.15, -0.1) is 0 Å². The Hall–Kier alpha value is -1.97. The highest BCUT2D eigenvalue weighted by molar-refractivity contribution is 7.89. The summed E-state index contributed by atoms with van der Waals surface area (Å²) in [5.74, 6) is -0.492. The van der Waals surface area contributed by atoms with Crippen molar-refractivity contribution in [3.63, 3.8) is 0 Å². The van der Waals surface area contributed by atoms with E-state index in [-0.39, 0.29) is 25.0 Å². The van der Waals surface area contributed by atoms with E-state index in [0.29, 0.717) is 18.0 Å². The molecule has 2 rings (SSSR count). The first-order valence-corrected chi connectivity index (χ1v) is 10.7. The number of primary amides is 1. The Morgan fingerprint density at radius 1 is 1.07 bits per heavy atom. The van der Waals surface area contributed by atoms with Crippen LogP contribution in [0.25, 0.3) is 0 Å². The van der Waals surface area contributed by atoms with E-state index in [2.05, 4.69) is 20.8 Å². The zero-order valence-electron chi connectivity index (χ0n) is 17.2. The van der Waals surface area contributed by atoms with Crippen LogP contribution in [0.1, 0.15) is 37.5 Å². The summed E-state index contributed by atoms with van der Waals surface area (Å²) in [6, 6.07) is 3.00. The van der Waals surface area contributed by atoms with Gasteiger partial charge in [-0.05, 0) is 36.0 Å². The summed E-state index contributed by atoms with van der Waals surface area (Å²) >= 11 is 0. The topological polar surface area (TPSA) is 113 Å². The van der Waals surface area contributed by atoms with Gasteiger partial charge in [-0.25, -0.2) is 13.2 Å². The maximum Gasteiger partial charge on any atom is 0.318 e. The Balaban J connectivity index is 2.15. The number of rotatable bonds is 4. The van der Waals surface area contributed by atoms with Gasteiger partial charge in [0.1, 0.15) is 0 Å². The molecule has 28 heavy (non-hydrogen) atoms. The van der Waals surface area contributed by atoms with Crippen LogP contribution in [0.2, 0.25) is 0 Å². The molecule has 156 valence electrons. The summed E-state index contributed by atoms with van der Waals surface area (Å²) in [5.41, 5.74) is 7.46. The van der Waals surface area contributed by atoms with E-state index in [1.807, 2.05) is 31.3 Å². The number of amides is 3. The Morgan fingerprint density at radius 2 is 1.57 bits per heavy atom. The van der Waals surface area contributed by atoms with Gasteiger partial charge in [0.2, 0.25) is 15.9 Å². The molecule has 1 fully saturated rings. The van der Waals surface area contributed by atoms with Crippen LogP contribution in [0.15, 0.2) is 17.0 Å². The highest BCUT2D eigenvalue weighted by Crippen LogP contribution is 2.31. The van der Waals surface area contributed by atoms with Crippen LogP contribution in [-0.4, -0.2) is 62.3 Å². The number of aryl methyl sites for hydroxylation is 2. The lowest BCUT2D eigenvalue weighted by Crippen LogP contribution is -2.52. The maximum absolute atomic E-state index is 13.2. The second kappa shape index (κ2) is 8.18. The first-order valence-electron chi connectivity index (χ1n) is 9.26. The summed E-state index contributed by atoms with van der Waals surface area (Å²) in [6.07, 6.45) is 0. The molecule has 9 heteroatoms. The van der Waals surface area contributed by atoms with Gasteiger partial charge in [0.25, 0.3) is 0 Å². The number of sulfonamides is 1. The minimum absolute atomic E-state index is 0.00909. The van der Waals surface area contributed by atoms with Gasteiger partial charge in [-0.2, -0.15) is 4.31 Å². The molecule has 0 atom stereocenters. The highest BCUT2D eigenvalue weighted by atomic mass is 32.2. The van der Waals surface area contributed by atoms with E-state index in [1.165, 1.54) is 4.31 Å². The van der Waals surface area contributed by atoms with E-state index >= 15 is 0 Å². The van der Waals surface area contributed by atoms with Gasteiger partial charge < -0.3 is 5.73 Å². The standard InChI is InChI=1S/C19H30N4O4S/c1-13-10-15(19(3,4)5)11-14(2)17(13)28(26,27)23-8-6-22(7-9-23)12-16(24)21-18(20)25/h10-11H,6-9,12H2,1-5H3,(H3,20,21,24,25). The molecule has 3 amide bonds. The number of imide groups is 1. The molecule has 0 aromatic heterocycles. The minimum Gasteiger partial charge on any atom is -0.351 e. The van der Waals surface area contributed by atoms with Crippen molar-refractivity contribution in [1.82, 2.24) is 14.5 Å². The first-order chi connectivity index (χ1) is 12.8. The van der Waals surface area contributed by atoms with Crippen LogP contribution in [-0.2, 0) is 20.2 Å². The van der Waals surface area contributed by atoms with Crippen LogP contribution < -0.4 is 11.1 Å². The van der Waals surface area contributed by atoms with Gasteiger partial charge in [0.05, 0.1) is 11.4 Å². The van der Waals surface area contributed by atoms with Crippen LogP contribution in [0.3, 0.4) is 0 Å². The molecule has 0 spiro atoms. The third-order valence-corrected chi connectivity index (χ3v) is 7.09. The molecule has 1 aromatic carbocycles. The number of piperazine rings is 1. The molecular formula is C19H30N4O4S. The molecule has 3 N–H and O–H groups in total. The van der Waals surface area contributed by atoms with Crippen LogP contribution >= 0.6 is 0 Å². The highest BCUT2D eigenvalue weighted by Gasteiger charge is 2.32. The van der Waals surface area contributed by atoms with Crippen molar-refractivity contribution in [3.05, 3.63) is 28.8 Å². The molecule has 8 nitrogen and oxygen atoms in total. The number of benzene rings is 1. The molecule has 0 saturated carbocycles. The summed E-state index contributed by atoms with van der Waals surface area (Å²) in [6.45, 7) is 11.4. The van der Waals surface area contributed by atoms with Crippen molar-refractivity contribution >= 4 is 22.0 Å². The second-order valence-electron chi connectivity index (χ2n) is 8.28. The zero-order valence-corrected chi connectivity index (χ0v) is 18.0. The van der Waals surface area contributed by atoms with Crippen molar-refractivity contribution in [3.8, 4) is 0 Å². The quantitative estimate of drug-likeness (QED) is 0.772. The first kappa shape index (κ1) is 22.3. The SMILES string of the molecule is Cc1cc(C(C)(C)C)cc(C)c1S(=O)(=O)N1CCN(CC(=O)NC(N)=O)CC1. The fraction of sp³-hybridized carbons (Fsp3) is 0.579. The molecule has 1 aliphatic rings. The van der Waals surface area contributed by atoms with Crippen molar-refractivity contribution in [2.24, 2.45) is 5.73 Å². The number of carbonyl (C=O) groups is 2. The molecule has 1 heterocycles. The molecule has 1 aliphatic heterocycles. The Bertz CT molecular complexity index is 843. The lowest BCUT2D eigenvalue weighted by Gasteiger charge is -2.34. The van der Waals surface area contributed by atoms with Crippen LogP contribution in [0, 0.1) is 13.8 Å². The van der Waals surface area contributed by atoms with Crippen molar-refractivity contribution in [1.29, 1.82) is 0 Å². The fourth-order valence-corrected chi connectivity index (χ4v) is 5.26. The van der Waals surface area contributed by atoms with Gasteiger partial charge in [-0.1, -0.05) is 32.9 Å². The lowest BCUT2D eigenvalue weighted by atomic mass is 9.85. The number of nitrogens with zero attached hydrogens (tertiary/aromatic N) is 2. The predicted molar refractivity (Wildman–Crippen MR) is 108 cm³/mol. The van der Waals surface area contributed by atoms with Gasteiger partial charge >= 0.3 is 6.03 Å². The normalized spacial score (nSPS) is 16.8. The fourth-order valence-electron chi connectivity index (χ4n) is 3.43. The van der Waals surface area contributed by atoms with Crippen molar-refractivity contribution in [2.45, 2.75) is 44.9 Å². The zero-order chi connectivity index (χ0) is 21.3. The molecule has 1 aromatic rings. The number of carbonyl (C=O) groups excluding carboxylic acids is 2. The van der Waals surface area contributed by atoms with Crippen molar-refractivity contribution < 1.29 is 18.0 Å². The van der Waals surface area contributed by atoms with Crippen LogP contribution in [0.4, 0.5) is 4.79 Å². The summed E-state index contributed by atoms with van der Waals surface area (Å²) in [4.78, 5) is 24.5. The molecule has 0 aliphatic carbocycles. The predicted octanol–water partition coefficient (Wildman–Crippen LogP) is 1.10. The Kier molecular flexibility index (Phi) is 6.52. The minimum atomic E-state index is -3.62. The largest absolute Gasteiger partial charge is 0.351 e. The molecule has 0 radical (unpaired) electrons. The smallest absolute Gasteiger partial charge is 0.318 e. The van der Waals surface area contributed by atoms with E-state index < -0.39 is 22.0 Å². The Labute approximate surface area is 167 Å². The number of nitrogens with two attached hydrogens (primary N) is 1. The van der Waals surface area contributed by atoms with E-state index in [4.69, 9.17) is 5.73 Å². The van der Waals surface area contributed by atoms with Crippen molar-refractivity contribution in [2.75, 3.05) is 32.7 Å². The molecule has 0 unspecified atom stereocenters. The van der Waals surface area contributed by atoms with Gasteiger partial charge in [0.15, 0.2) is 0 Å². The molecular weight excluding hydrogens is 380 g/mol. The number of hydrogen-bond acceptors (Lipinski definition) is 5. The molecule has 0 bridgehead atoms. The van der Waals surface area contributed by atoms with E-state index in [9.17, 15) is 18.0 Å². The monoisotopic (exact) mass is 410 g/mol. The second-order valence-corrected chi connectivity index (χ2v) is 10.2. The number of urea groups is 1. The number of hydrogen-bond donors (Lipinski definition) is 2. The van der Waals surface area contributed by atoms with Crippen LogP contribution in [0.5, 0.6) is 0 Å². The van der Waals surface area contributed by atoms with E-state index in [1.54, 1.807) is 4.90 Å². The number of nitrogens with one attached hydrogen (secondary N) is 1. The molecule has 1 saturated heterocycles. The van der Waals surface area contributed by atoms with Gasteiger partial charge in [0, 0.05) is 26.2 Å². The van der Waals surface area contributed by atoms with E-state index in [0.717, 1.165) is 16.7 Å².